The molecule has 0 fully saturated rings. The van der Waals surface area contributed by atoms with E-state index < -0.39 is 0 Å². The van der Waals surface area contributed by atoms with Crippen molar-refractivity contribution in [2.24, 2.45) is 0 Å². The van der Waals surface area contributed by atoms with Gasteiger partial charge in [0.2, 0.25) is 0 Å². The highest BCUT2D eigenvalue weighted by atomic mass is 16.5. The molecule has 0 atom stereocenters. The summed E-state index contributed by atoms with van der Waals surface area (Å²) in [5.74, 6) is 0. The molecular weight excluding hydrogens is 150 g/mol. The van der Waals surface area contributed by atoms with E-state index in [0.29, 0.717) is 0 Å². The maximum atomic E-state index is 5.30. The molecule has 0 radical (unpaired) electrons. The van der Waals surface area contributed by atoms with Crippen LogP contribution in [0, 0.1) is 6.92 Å². The van der Waals surface area contributed by atoms with Gasteiger partial charge in [-0.25, -0.2) is 0 Å². The minimum Gasteiger partial charge on any atom is -0.377 e. The van der Waals surface area contributed by atoms with Gasteiger partial charge in [0, 0.05) is 6.61 Å². The summed E-state index contributed by atoms with van der Waals surface area (Å²) >= 11 is 0. The van der Waals surface area contributed by atoms with Crippen LogP contribution >= 0.6 is 0 Å². The van der Waals surface area contributed by atoms with Crippen molar-refractivity contribution in [1.29, 1.82) is 0 Å². The van der Waals surface area contributed by atoms with E-state index in [4.69, 9.17) is 4.74 Å². The SMILES string of the molecule is CCOCc1ccccc1C.N. The fourth-order valence-corrected chi connectivity index (χ4v) is 0.984. The summed E-state index contributed by atoms with van der Waals surface area (Å²) in [6, 6.07) is 8.30. The Morgan fingerprint density at radius 1 is 1.25 bits per heavy atom. The Bertz CT molecular complexity index is 223. The number of hydrogen-bond donors (Lipinski definition) is 1. The molecule has 0 unspecified atom stereocenters. The molecule has 0 aromatic heterocycles. The number of benzene rings is 1. The van der Waals surface area contributed by atoms with Crippen LogP contribution < -0.4 is 6.15 Å². The molecule has 12 heavy (non-hydrogen) atoms. The molecule has 0 aliphatic carbocycles. The fourth-order valence-electron chi connectivity index (χ4n) is 0.984. The molecule has 0 amide bonds. The summed E-state index contributed by atoms with van der Waals surface area (Å²) in [4.78, 5) is 0. The third-order valence-corrected chi connectivity index (χ3v) is 1.72. The Balaban J connectivity index is 0.00000121. The Labute approximate surface area is 74.1 Å². The second-order valence-electron chi connectivity index (χ2n) is 2.56. The van der Waals surface area contributed by atoms with Gasteiger partial charge in [-0.2, -0.15) is 0 Å². The maximum Gasteiger partial charge on any atom is 0.0719 e. The summed E-state index contributed by atoms with van der Waals surface area (Å²) in [7, 11) is 0. The Morgan fingerprint density at radius 3 is 2.50 bits per heavy atom. The number of rotatable bonds is 3. The van der Waals surface area contributed by atoms with Crippen molar-refractivity contribution in [1.82, 2.24) is 6.15 Å². The monoisotopic (exact) mass is 167 g/mol. The lowest BCUT2D eigenvalue weighted by molar-refractivity contribution is 0.133. The smallest absolute Gasteiger partial charge is 0.0719 e. The van der Waals surface area contributed by atoms with Crippen LogP contribution in [0.4, 0.5) is 0 Å². The molecule has 2 heteroatoms. The average Bonchev–Trinajstić information content (AvgIpc) is 2.03. The van der Waals surface area contributed by atoms with Crippen LogP contribution in [0.15, 0.2) is 24.3 Å². The van der Waals surface area contributed by atoms with Crippen molar-refractivity contribution in [2.45, 2.75) is 20.5 Å². The largest absolute Gasteiger partial charge is 0.377 e. The van der Waals surface area contributed by atoms with E-state index in [9.17, 15) is 0 Å². The molecule has 0 saturated carbocycles. The van der Waals surface area contributed by atoms with Crippen LogP contribution in [0.3, 0.4) is 0 Å². The van der Waals surface area contributed by atoms with Gasteiger partial charge >= 0.3 is 0 Å². The van der Waals surface area contributed by atoms with Crippen LogP contribution in [0.25, 0.3) is 0 Å². The lowest BCUT2D eigenvalue weighted by atomic mass is 10.1. The third kappa shape index (κ3) is 3.03. The summed E-state index contributed by atoms with van der Waals surface area (Å²) in [6.45, 7) is 5.64. The van der Waals surface area contributed by atoms with Gasteiger partial charge in [-0.15, -0.1) is 0 Å². The van der Waals surface area contributed by atoms with Gasteiger partial charge < -0.3 is 10.9 Å². The lowest BCUT2D eigenvalue weighted by Gasteiger charge is -2.03. The van der Waals surface area contributed by atoms with Gasteiger partial charge in [0.15, 0.2) is 0 Å². The first-order chi connectivity index (χ1) is 5.34. The van der Waals surface area contributed by atoms with Crippen molar-refractivity contribution in [3.63, 3.8) is 0 Å². The highest BCUT2D eigenvalue weighted by Crippen LogP contribution is 2.07. The highest BCUT2D eigenvalue weighted by Gasteiger charge is 1.94. The molecule has 2 nitrogen and oxygen atoms in total. The van der Waals surface area contributed by atoms with Crippen LogP contribution in [0.5, 0.6) is 0 Å². The number of hydrogen-bond acceptors (Lipinski definition) is 2. The topological polar surface area (TPSA) is 44.2 Å². The molecular formula is C10H17NO. The molecule has 1 aromatic carbocycles. The zero-order valence-electron chi connectivity index (χ0n) is 7.84. The molecule has 0 bridgehead atoms. The van der Waals surface area contributed by atoms with Gasteiger partial charge in [0.05, 0.1) is 6.61 Å². The quantitative estimate of drug-likeness (QED) is 0.752. The minimum atomic E-state index is 0. The van der Waals surface area contributed by atoms with Crippen molar-refractivity contribution in [2.75, 3.05) is 6.61 Å². The van der Waals surface area contributed by atoms with E-state index in [1.165, 1.54) is 11.1 Å². The van der Waals surface area contributed by atoms with Crippen molar-refractivity contribution >= 4 is 0 Å². The molecule has 68 valence electrons. The molecule has 1 aromatic rings. The first kappa shape index (κ1) is 11.1. The molecule has 3 N–H and O–H groups in total. The Kier molecular flexibility index (Phi) is 5.34. The predicted octanol–water partition coefficient (Wildman–Crippen LogP) is 2.69. The first-order valence-electron chi connectivity index (χ1n) is 3.97. The van der Waals surface area contributed by atoms with E-state index in [1.54, 1.807) is 0 Å². The van der Waals surface area contributed by atoms with Crippen LogP contribution in [0.1, 0.15) is 18.1 Å². The van der Waals surface area contributed by atoms with E-state index >= 15 is 0 Å². The van der Waals surface area contributed by atoms with Crippen LogP contribution in [-0.4, -0.2) is 6.61 Å². The number of aryl methyl sites for hydroxylation is 1. The molecule has 0 aliphatic rings. The first-order valence-corrected chi connectivity index (χ1v) is 3.97. The average molecular weight is 167 g/mol. The maximum absolute atomic E-state index is 5.30. The normalized spacial score (nSPS) is 9.17. The third-order valence-electron chi connectivity index (χ3n) is 1.72. The standard InChI is InChI=1S/C10H14O.H3N/c1-3-11-8-10-7-5-4-6-9(10)2;/h4-7H,3,8H2,1-2H3;1H3. The summed E-state index contributed by atoms with van der Waals surface area (Å²) in [5, 5.41) is 0. The van der Waals surface area contributed by atoms with Gasteiger partial charge in [-0.05, 0) is 25.0 Å². The molecule has 0 spiro atoms. The fraction of sp³-hybridized carbons (Fsp3) is 0.400. The van der Waals surface area contributed by atoms with E-state index in [-0.39, 0.29) is 6.15 Å². The second-order valence-corrected chi connectivity index (χ2v) is 2.56. The molecule has 0 aliphatic heterocycles. The van der Waals surface area contributed by atoms with Gasteiger partial charge in [-0.3, -0.25) is 0 Å². The van der Waals surface area contributed by atoms with Crippen molar-refractivity contribution in [3.05, 3.63) is 35.4 Å². The van der Waals surface area contributed by atoms with E-state index in [2.05, 4.69) is 19.1 Å². The Hall–Kier alpha value is -0.860. The highest BCUT2D eigenvalue weighted by molar-refractivity contribution is 5.24. The van der Waals surface area contributed by atoms with Gasteiger partial charge in [-0.1, -0.05) is 24.3 Å². The summed E-state index contributed by atoms with van der Waals surface area (Å²) in [6.07, 6.45) is 0. The zero-order valence-corrected chi connectivity index (χ0v) is 7.84. The van der Waals surface area contributed by atoms with Crippen molar-refractivity contribution < 1.29 is 4.74 Å². The summed E-state index contributed by atoms with van der Waals surface area (Å²) in [5.41, 5.74) is 2.59. The predicted molar refractivity (Wildman–Crippen MR) is 51.5 cm³/mol. The van der Waals surface area contributed by atoms with Crippen LogP contribution in [-0.2, 0) is 11.3 Å². The van der Waals surface area contributed by atoms with Crippen LogP contribution in [0.2, 0.25) is 0 Å². The summed E-state index contributed by atoms with van der Waals surface area (Å²) < 4.78 is 5.30. The second kappa shape index (κ2) is 5.75. The van der Waals surface area contributed by atoms with Gasteiger partial charge in [0.25, 0.3) is 0 Å². The molecule has 1 rings (SSSR count). The van der Waals surface area contributed by atoms with Crippen molar-refractivity contribution in [3.8, 4) is 0 Å². The van der Waals surface area contributed by atoms with E-state index in [1.807, 2.05) is 19.1 Å². The molecule has 0 saturated heterocycles. The minimum absolute atomic E-state index is 0. The van der Waals surface area contributed by atoms with E-state index in [0.717, 1.165) is 13.2 Å². The Morgan fingerprint density at radius 2 is 1.92 bits per heavy atom. The zero-order chi connectivity index (χ0) is 8.10. The molecule has 0 heterocycles. The van der Waals surface area contributed by atoms with Gasteiger partial charge in [0.1, 0.15) is 0 Å². The lowest BCUT2D eigenvalue weighted by Crippen LogP contribution is -1.93. The number of ether oxygens (including phenoxy) is 1.